The standard InChI is InChI=1S/C17H33ClN6O4.ClH/c1-11(2)15(21)16(26)22-13(17(27)24(23-28)10-8-18)6-7-14(25)12(20)5-3-4-9-19;/h11-13,15H,3-10,19-21H2,1-2H3,(H,22,26);1H/t12-,13?,15-;/m0./s1. The van der Waals surface area contributed by atoms with Crippen LogP contribution in [0.4, 0.5) is 0 Å². The van der Waals surface area contributed by atoms with Crippen LogP contribution in [0.2, 0.25) is 0 Å². The van der Waals surface area contributed by atoms with E-state index in [1.54, 1.807) is 13.8 Å². The number of alkyl halides is 1. The highest BCUT2D eigenvalue weighted by molar-refractivity contribution is 6.18. The maximum atomic E-state index is 12.5. The van der Waals surface area contributed by atoms with E-state index in [-0.39, 0.29) is 49.4 Å². The van der Waals surface area contributed by atoms with Crippen molar-refractivity contribution >= 4 is 41.6 Å². The average molecular weight is 457 g/mol. The second-order valence-corrected chi connectivity index (χ2v) is 7.34. The lowest BCUT2D eigenvalue weighted by Gasteiger charge is -2.24. The van der Waals surface area contributed by atoms with Crippen LogP contribution in [-0.4, -0.2) is 59.7 Å². The summed E-state index contributed by atoms with van der Waals surface area (Å²) in [6.07, 6.45) is 1.93. The molecule has 0 aromatic rings. The first-order valence-electron chi connectivity index (χ1n) is 9.44. The molecule has 170 valence electrons. The fraction of sp³-hybridized carbons (Fsp3) is 0.824. The summed E-state index contributed by atoms with van der Waals surface area (Å²) in [7, 11) is 0. The monoisotopic (exact) mass is 456 g/mol. The zero-order valence-corrected chi connectivity index (χ0v) is 18.6. The Kier molecular flexibility index (Phi) is 17.0. The van der Waals surface area contributed by atoms with Crippen molar-refractivity contribution in [2.45, 2.75) is 64.1 Å². The summed E-state index contributed by atoms with van der Waals surface area (Å²) in [4.78, 5) is 48.0. The molecular formula is C17H34Cl2N6O4. The highest BCUT2D eigenvalue weighted by Crippen LogP contribution is 2.10. The van der Waals surface area contributed by atoms with Gasteiger partial charge in [-0.1, -0.05) is 20.3 Å². The van der Waals surface area contributed by atoms with E-state index >= 15 is 0 Å². The Labute approximate surface area is 183 Å². The van der Waals surface area contributed by atoms with Gasteiger partial charge in [0.2, 0.25) is 5.91 Å². The Balaban J connectivity index is 0. The van der Waals surface area contributed by atoms with Crippen LogP contribution in [-0.2, 0) is 14.4 Å². The Morgan fingerprint density at radius 2 is 1.76 bits per heavy atom. The number of nitrogens with one attached hydrogen (secondary N) is 1. The van der Waals surface area contributed by atoms with Gasteiger partial charge in [-0.3, -0.25) is 14.4 Å². The largest absolute Gasteiger partial charge is 0.343 e. The second-order valence-electron chi connectivity index (χ2n) is 6.96. The van der Waals surface area contributed by atoms with Crippen LogP contribution < -0.4 is 22.5 Å². The molecule has 3 atom stereocenters. The van der Waals surface area contributed by atoms with E-state index in [1.807, 2.05) is 0 Å². The Morgan fingerprint density at radius 3 is 2.24 bits per heavy atom. The number of halogens is 2. The molecule has 10 nitrogen and oxygen atoms in total. The van der Waals surface area contributed by atoms with Gasteiger partial charge in [0.15, 0.2) is 0 Å². The van der Waals surface area contributed by atoms with Gasteiger partial charge in [-0.2, -0.15) is 5.01 Å². The lowest BCUT2D eigenvalue weighted by Crippen LogP contribution is -2.53. The Morgan fingerprint density at radius 1 is 1.14 bits per heavy atom. The Hall–Kier alpha value is -1.33. The maximum absolute atomic E-state index is 12.5. The number of hydrogen-bond acceptors (Lipinski definition) is 8. The van der Waals surface area contributed by atoms with E-state index in [1.165, 1.54) is 0 Å². The van der Waals surface area contributed by atoms with Crippen LogP contribution >= 0.6 is 24.0 Å². The first-order valence-corrected chi connectivity index (χ1v) is 9.97. The molecule has 0 saturated carbocycles. The second kappa shape index (κ2) is 16.5. The minimum Gasteiger partial charge on any atom is -0.343 e. The summed E-state index contributed by atoms with van der Waals surface area (Å²) >= 11 is 5.57. The number of ketones is 1. The van der Waals surface area contributed by atoms with E-state index in [2.05, 4.69) is 10.6 Å². The summed E-state index contributed by atoms with van der Waals surface area (Å²) in [6, 6.07) is -2.63. The number of unbranched alkanes of at least 4 members (excludes halogenated alkanes) is 1. The number of carbonyl (C=O) groups is 3. The normalized spacial score (nSPS) is 13.8. The van der Waals surface area contributed by atoms with Crippen LogP contribution in [0.5, 0.6) is 0 Å². The molecule has 1 unspecified atom stereocenters. The van der Waals surface area contributed by atoms with Gasteiger partial charge in [0, 0.05) is 12.3 Å². The lowest BCUT2D eigenvalue weighted by molar-refractivity contribution is -0.137. The minimum atomic E-state index is -1.13. The third kappa shape index (κ3) is 11.4. The molecule has 0 aromatic carbocycles. The van der Waals surface area contributed by atoms with Gasteiger partial charge in [0.05, 0.1) is 23.9 Å². The summed E-state index contributed by atoms with van der Waals surface area (Å²) in [5.74, 6) is -1.69. The number of nitroso groups, excluding NO2 is 1. The van der Waals surface area contributed by atoms with Gasteiger partial charge in [-0.05, 0) is 31.7 Å². The number of rotatable bonds is 15. The molecule has 29 heavy (non-hydrogen) atoms. The topological polar surface area (TPSA) is 174 Å². The summed E-state index contributed by atoms with van der Waals surface area (Å²) in [5.41, 5.74) is 17.1. The van der Waals surface area contributed by atoms with Crippen molar-refractivity contribution in [3.63, 3.8) is 0 Å². The molecule has 0 aliphatic rings. The molecular weight excluding hydrogens is 423 g/mol. The maximum Gasteiger partial charge on any atom is 0.267 e. The zero-order chi connectivity index (χ0) is 21.7. The highest BCUT2D eigenvalue weighted by Gasteiger charge is 2.30. The number of Topliss-reactive ketones (excluding diaryl/α,β-unsaturated/α-hetero) is 1. The molecule has 7 N–H and O–H groups in total. The number of hydrogen-bond donors (Lipinski definition) is 4. The SMILES string of the molecule is CC(C)[C@H](N)C(=O)NC(CCC(=O)[C@@H](N)CCCCN)C(=O)N(CCCl)N=O.Cl. The molecule has 0 fully saturated rings. The van der Waals surface area contributed by atoms with Crippen molar-refractivity contribution < 1.29 is 14.4 Å². The van der Waals surface area contributed by atoms with Gasteiger partial charge in [0.25, 0.3) is 5.91 Å². The number of nitrogens with zero attached hydrogens (tertiary/aromatic N) is 2. The number of carbonyl (C=O) groups excluding carboxylic acids is 3. The van der Waals surface area contributed by atoms with Crippen molar-refractivity contribution in [3.05, 3.63) is 4.91 Å². The lowest BCUT2D eigenvalue weighted by atomic mass is 9.99. The molecule has 0 aromatic heterocycles. The predicted molar refractivity (Wildman–Crippen MR) is 115 cm³/mol. The van der Waals surface area contributed by atoms with Crippen molar-refractivity contribution in [3.8, 4) is 0 Å². The molecule has 0 bridgehead atoms. The summed E-state index contributed by atoms with van der Waals surface area (Å²) < 4.78 is 0. The molecule has 0 spiro atoms. The van der Waals surface area contributed by atoms with Crippen LogP contribution in [0.25, 0.3) is 0 Å². The van der Waals surface area contributed by atoms with E-state index in [0.29, 0.717) is 18.0 Å². The predicted octanol–water partition coefficient (Wildman–Crippen LogP) is 0.431. The van der Waals surface area contributed by atoms with Crippen molar-refractivity contribution in [2.75, 3.05) is 19.0 Å². The molecule has 0 rings (SSSR count). The van der Waals surface area contributed by atoms with Crippen LogP contribution in [0.1, 0.15) is 46.0 Å². The number of amides is 2. The summed E-state index contributed by atoms with van der Waals surface area (Å²) in [5, 5.41) is 5.78. The van der Waals surface area contributed by atoms with Crippen LogP contribution in [0.15, 0.2) is 5.29 Å². The quantitative estimate of drug-likeness (QED) is 0.119. The molecule has 12 heteroatoms. The van der Waals surface area contributed by atoms with Crippen molar-refractivity contribution in [2.24, 2.45) is 28.4 Å². The van der Waals surface area contributed by atoms with Gasteiger partial charge < -0.3 is 22.5 Å². The average Bonchev–Trinajstić information content (AvgIpc) is 2.67. The van der Waals surface area contributed by atoms with E-state index < -0.39 is 29.9 Å². The third-order valence-electron chi connectivity index (χ3n) is 4.35. The molecule has 0 aliphatic carbocycles. The van der Waals surface area contributed by atoms with Gasteiger partial charge in [-0.15, -0.1) is 28.9 Å². The van der Waals surface area contributed by atoms with Crippen molar-refractivity contribution in [1.82, 2.24) is 10.3 Å². The van der Waals surface area contributed by atoms with Gasteiger partial charge >= 0.3 is 0 Å². The third-order valence-corrected chi connectivity index (χ3v) is 4.52. The first-order chi connectivity index (χ1) is 13.2. The summed E-state index contributed by atoms with van der Waals surface area (Å²) in [6.45, 7) is 3.93. The zero-order valence-electron chi connectivity index (χ0n) is 17.0. The Bertz CT molecular complexity index is 524. The smallest absolute Gasteiger partial charge is 0.267 e. The number of nitrogens with two attached hydrogens (primary N) is 3. The van der Waals surface area contributed by atoms with Crippen LogP contribution in [0.3, 0.4) is 0 Å². The molecule has 0 radical (unpaired) electrons. The van der Waals surface area contributed by atoms with E-state index in [0.717, 1.165) is 12.8 Å². The van der Waals surface area contributed by atoms with Gasteiger partial charge in [0.1, 0.15) is 11.8 Å². The first kappa shape index (κ1) is 29.9. The fourth-order valence-electron chi connectivity index (χ4n) is 2.42. The van der Waals surface area contributed by atoms with Crippen molar-refractivity contribution in [1.29, 1.82) is 0 Å². The minimum absolute atomic E-state index is 0. The molecule has 0 saturated heterocycles. The van der Waals surface area contributed by atoms with E-state index in [4.69, 9.17) is 28.8 Å². The molecule has 2 amide bonds. The highest BCUT2D eigenvalue weighted by atomic mass is 35.5. The molecule has 0 aliphatic heterocycles. The fourth-order valence-corrected chi connectivity index (χ4v) is 2.58. The van der Waals surface area contributed by atoms with E-state index in [9.17, 15) is 19.3 Å². The van der Waals surface area contributed by atoms with Gasteiger partial charge in [-0.25, -0.2) is 0 Å². The van der Waals surface area contributed by atoms with Crippen LogP contribution in [0, 0.1) is 10.8 Å². The molecule has 0 heterocycles.